The molecule has 0 spiro atoms. The number of ether oxygens (including phenoxy) is 2. The number of rotatable bonds is 6. The number of aromatic amines is 1. The Morgan fingerprint density at radius 2 is 1.89 bits per heavy atom. The van der Waals surface area contributed by atoms with Gasteiger partial charge in [0, 0.05) is 23.6 Å². The molecule has 1 amide bonds. The Morgan fingerprint density at radius 3 is 2.63 bits per heavy atom. The minimum atomic E-state index is -0.192. The Kier molecular flexibility index (Phi) is 5.45. The van der Waals surface area contributed by atoms with Gasteiger partial charge in [-0.3, -0.25) is 9.59 Å². The maximum absolute atomic E-state index is 12.3. The number of benzene rings is 2. The van der Waals surface area contributed by atoms with Gasteiger partial charge >= 0.3 is 0 Å². The fraction of sp³-hybridized carbons (Fsp3) is 0.238. The third-order valence-corrected chi connectivity index (χ3v) is 4.38. The molecule has 0 saturated heterocycles. The summed E-state index contributed by atoms with van der Waals surface area (Å²) in [5.74, 6) is 0.965. The average Bonchev–Trinajstić information content (AvgIpc) is 2.67. The van der Waals surface area contributed by atoms with Crippen LogP contribution in [0.3, 0.4) is 0 Å². The first-order valence-corrected chi connectivity index (χ1v) is 8.64. The van der Waals surface area contributed by atoms with Crippen molar-refractivity contribution in [3.8, 4) is 11.5 Å². The molecule has 1 heterocycles. The van der Waals surface area contributed by atoms with Gasteiger partial charge in [-0.05, 0) is 49.1 Å². The third-order valence-electron chi connectivity index (χ3n) is 4.38. The van der Waals surface area contributed by atoms with Gasteiger partial charge in [-0.2, -0.15) is 0 Å². The van der Waals surface area contributed by atoms with E-state index in [1.807, 2.05) is 31.2 Å². The van der Waals surface area contributed by atoms with Gasteiger partial charge in [-0.25, -0.2) is 0 Å². The van der Waals surface area contributed by atoms with Gasteiger partial charge < -0.3 is 19.8 Å². The number of methoxy groups -OCH3 is 2. The van der Waals surface area contributed by atoms with E-state index in [2.05, 4.69) is 10.3 Å². The number of anilines is 1. The van der Waals surface area contributed by atoms with E-state index in [1.165, 1.54) is 7.11 Å². The second kappa shape index (κ2) is 7.95. The second-order valence-electron chi connectivity index (χ2n) is 6.33. The maximum Gasteiger partial charge on any atom is 0.251 e. The topological polar surface area (TPSA) is 80.4 Å². The summed E-state index contributed by atoms with van der Waals surface area (Å²) in [6, 6.07) is 12.9. The maximum atomic E-state index is 12.3. The molecule has 3 rings (SSSR count). The minimum absolute atomic E-state index is 0.166. The number of amides is 1. The van der Waals surface area contributed by atoms with Crippen molar-refractivity contribution < 1.29 is 14.3 Å². The van der Waals surface area contributed by atoms with E-state index < -0.39 is 0 Å². The molecular weight excluding hydrogens is 344 g/mol. The number of aryl methyl sites for hydroxylation is 2. The van der Waals surface area contributed by atoms with E-state index in [9.17, 15) is 9.59 Å². The summed E-state index contributed by atoms with van der Waals surface area (Å²) < 4.78 is 10.4. The molecule has 0 saturated carbocycles. The van der Waals surface area contributed by atoms with Crippen molar-refractivity contribution in [2.75, 3.05) is 19.5 Å². The van der Waals surface area contributed by atoms with E-state index in [0.29, 0.717) is 29.2 Å². The molecule has 2 aromatic carbocycles. The van der Waals surface area contributed by atoms with Crippen LogP contribution in [0.2, 0.25) is 0 Å². The molecule has 6 nitrogen and oxygen atoms in total. The highest BCUT2D eigenvalue weighted by molar-refractivity contribution is 5.92. The zero-order chi connectivity index (χ0) is 19.4. The van der Waals surface area contributed by atoms with Crippen molar-refractivity contribution in [2.24, 2.45) is 0 Å². The second-order valence-corrected chi connectivity index (χ2v) is 6.33. The lowest BCUT2D eigenvalue weighted by Crippen LogP contribution is -2.17. The van der Waals surface area contributed by atoms with Gasteiger partial charge in [0.2, 0.25) is 5.91 Å². The number of pyridine rings is 1. The summed E-state index contributed by atoms with van der Waals surface area (Å²) in [7, 11) is 3.09. The van der Waals surface area contributed by atoms with E-state index in [-0.39, 0.29) is 17.9 Å². The number of H-pyrrole nitrogens is 1. The molecule has 0 aliphatic heterocycles. The highest BCUT2D eigenvalue weighted by Crippen LogP contribution is 2.29. The van der Waals surface area contributed by atoms with Crippen LogP contribution < -0.4 is 20.3 Å². The Morgan fingerprint density at radius 1 is 1.07 bits per heavy atom. The predicted molar refractivity (Wildman–Crippen MR) is 106 cm³/mol. The largest absolute Gasteiger partial charge is 0.497 e. The molecule has 27 heavy (non-hydrogen) atoms. The summed E-state index contributed by atoms with van der Waals surface area (Å²) >= 11 is 0. The first-order chi connectivity index (χ1) is 13.0. The zero-order valence-electron chi connectivity index (χ0n) is 15.6. The molecule has 1 aromatic heterocycles. The average molecular weight is 366 g/mol. The number of fused-ring (bicyclic) bond motifs is 1. The van der Waals surface area contributed by atoms with Crippen LogP contribution in [0.15, 0.2) is 47.3 Å². The molecule has 140 valence electrons. The van der Waals surface area contributed by atoms with E-state index >= 15 is 0 Å². The number of carbonyl (C=O) groups excluding carboxylic acids is 1. The number of carbonyl (C=O) groups is 1. The monoisotopic (exact) mass is 366 g/mol. The van der Waals surface area contributed by atoms with Crippen LogP contribution in [-0.4, -0.2) is 25.1 Å². The molecular formula is C21H22N2O4. The van der Waals surface area contributed by atoms with Crippen molar-refractivity contribution in [3.63, 3.8) is 0 Å². The van der Waals surface area contributed by atoms with E-state index in [0.717, 1.165) is 16.5 Å². The van der Waals surface area contributed by atoms with Crippen LogP contribution in [0.4, 0.5) is 5.69 Å². The smallest absolute Gasteiger partial charge is 0.251 e. The molecule has 3 aromatic rings. The highest BCUT2D eigenvalue weighted by Gasteiger charge is 2.11. The van der Waals surface area contributed by atoms with Crippen molar-refractivity contribution in [1.29, 1.82) is 0 Å². The van der Waals surface area contributed by atoms with Gasteiger partial charge in [0.05, 0.1) is 19.9 Å². The van der Waals surface area contributed by atoms with Crippen LogP contribution in [-0.2, 0) is 11.2 Å². The SMILES string of the molecule is COc1ccc(NC(=O)CCc2cc3cc(C)ccc3[nH]c2=O)c(OC)c1. The Balaban J connectivity index is 1.72. The molecule has 0 aliphatic rings. The van der Waals surface area contributed by atoms with Crippen LogP contribution in [0.1, 0.15) is 17.5 Å². The number of aromatic nitrogens is 1. The Labute approximate surface area is 157 Å². The quantitative estimate of drug-likeness (QED) is 0.700. The summed E-state index contributed by atoms with van der Waals surface area (Å²) in [5.41, 5.74) is 2.89. The molecule has 6 heteroatoms. The summed E-state index contributed by atoms with van der Waals surface area (Å²) in [4.78, 5) is 27.4. The lowest BCUT2D eigenvalue weighted by molar-refractivity contribution is -0.116. The van der Waals surface area contributed by atoms with Crippen LogP contribution >= 0.6 is 0 Å². The number of hydrogen-bond acceptors (Lipinski definition) is 4. The lowest BCUT2D eigenvalue weighted by Gasteiger charge is -2.11. The lowest BCUT2D eigenvalue weighted by atomic mass is 10.1. The Hall–Kier alpha value is -3.28. The molecule has 0 atom stereocenters. The van der Waals surface area contributed by atoms with Crippen LogP contribution in [0.25, 0.3) is 10.9 Å². The highest BCUT2D eigenvalue weighted by atomic mass is 16.5. The van der Waals surface area contributed by atoms with Gasteiger partial charge in [-0.1, -0.05) is 11.6 Å². The predicted octanol–water partition coefficient (Wildman–Crippen LogP) is 3.43. The van der Waals surface area contributed by atoms with Gasteiger partial charge in [0.15, 0.2) is 0 Å². The van der Waals surface area contributed by atoms with Crippen molar-refractivity contribution in [2.45, 2.75) is 19.8 Å². The van der Waals surface area contributed by atoms with Crippen LogP contribution in [0.5, 0.6) is 11.5 Å². The minimum Gasteiger partial charge on any atom is -0.497 e. The summed E-state index contributed by atoms with van der Waals surface area (Å²) in [6.07, 6.45) is 0.541. The van der Waals surface area contributed by atoms with Crippen molar-refractivity contribution in [3.05, 3.63) is 63.9 Å². The van der Waals surface area contributed by atoms with Gasteiger partial charge in [0.1, 0.15) is 11.5 Å². The molecule has 0 fully saturated rings. The number of hydrogen-bond donors (Lipinski definition) is 2. The third kappa shape index (κ3) is 4.28. The molecule has 0 unspecified atom stereocenters. The molecule has 0 aliphatic carbocycles. The fourth-order valence-electron chi connectivity index (χ4n) is 2.92. The summed E-state index contributed by atoms with van der Waals surface area (Å²) in [5, 5.41) is 3.78. The fourth-order valence-corrected chi connectivity index (χ4v) is 2.92. The molecule has 0 bridgehead atoms. The van der Waals surface area contributed by atoms with Gasteiger partial charge in [-0.15, -0.1) is 0 Å². The van der Waals surface area contributed by atoms with Gasteiger partial charge in [0.25, 0.3) is 5.56 Å². The van der Waals surface area contributed by atoms with E-state index in [4.69, 9.17) is 9.47 Å². The first kappa shape index (κ1) is 18.5. The normalized spacial score (nSPS) is 10.6. The van der Waals surface area contributed by atoms with Crippen molar-refractivity contribution in [1.82, 2.24) is 4.98 Å². The van der Waals surface area contributed by atoms with E-state index in [1.54, 1.807) is 25.3 Å². The zero-order valence-corrected chi connectivity index (χ0v) is 15.6. The van der Waals surface area contributed by atoms with Crippen LogP contribution in [0, 0.1) is 6.92 Å². The first-order valence-electron chi connectivity index (χ1n) is 8.64. The Bertz CT molecular complexity index is 1040. The summed E-state index contributed by atoms with van der Waals surface area (Å²) in [6.45, 7) is 2.00. The number of nitrogens with one attached hydrogen (secondary N) is 2. The standard InChI is InChI=1S/C21H22N2O4/c1-13-4-7-17-15(10-13)11-14(21(25)23-17)5-9-20(24)22-18-8-6-16(26-2)12-19(18)27-3/h4,6-8,10-12H,5,9H2,1-3H3,(H,22,24)(H,23,25). The molecule has 2 N–H and O–H groups in total. The van der Waals surface area contributed by atoms with Crippen molar-refractivity contribution >= 4 is 22.5 Å². The molecule has 0 radical (unpaired) electrons.